The lowest BCUT2D eigenvalue weighted by atomic mass is 10.1. The van der Waals surface area contributed by atoms with E-state index in [4.69, 9.17) is 9.47 Å². The third-order valence-electron chi connectivity index (χ3n) is 6.93. The van der Waals surface area contributed by atoms with Crippen LogP contribution in [0.4, 0.5) is 0 Å². The third kappa shape index (κ3) is 27.8. The number of esters is 1. The molecule has 0 amide bonds. The summed E-state index contributed by atoms with van der Waals surface area (Å²) in [5, 5.41) is 9.48. The summed E-state index contributed by atoms with van der Waals surface area (Å²) in [6.45, 7) is 5.35. The zero-order valence-corrected chi connectivity index (χ0v) is 23.8. The Hall–Kier alpha value is -0.610. The topological polar surface area (TPSA) is 55.8 Å². The highest BCUT2D eigenvalue weighted by atomic mass is 16.6. The molecule has 0 rings (SSSR count). The van der Waals surface area contributed by atoms with Crippen molar-refractivity contribution >= 4 is 5.97 Å². The van der Waals surface area contributed by atoms with E-state index in [0.29, 0.717) is 19.6 Å². The molecular formula is C31H62O4. The molecule has 35 heavy (non-hydrogen) atoms. The van der Waals surface area contributed by atoms with Crippen LogP contribution in [0.2, 0.25) is 0 Å². The molecule has 210 valence electrons. The Balaban J connectivity index is 3.41. The van der Waals surface area contributed by atoms with E-state index < -0.39 is 6.10 Å². The minimum absolute atomic E-state index is 0.164. The fraction of sp³-hybridized carbons (Fsp3) is 0.968. The standard InChI is InChI=1S/C31H62O4/c1-3-5-7-9-11-13-15-17-19-21-23-25-27-34-29-30(28-32)35-31(33)26-24-22-20-18-16-14-12-10-8-6-4-2/h30,32H,3-29H2,1-2H3. The second kappa shape index (κ2) is 29.6. The van der Waals surface area contributed by atoms with Crippen LogP contribution in [0.1, 0.15) is 168 Å². The van der Waals surface area contributed by atoms with Crippen molar-refractivity contribution in [1.82, 2.24) is 0 Å². The van der Waals surface area contributed by atoms with Gasteiger partial charge in [0.15, 0.2) is 0 Å². The second-order valence-electron chi connectivity index (χ2n) is 10.5. The zero-order chi connectivity index (χ0) is 25.7. The molecule has 1 N–H and O–H groups in total. The molecule has 4 heteroatoms. The SMILES string of the molecule is CCCCCCCCCCCCCCOCC(CO)OC(=O)CCCCCCCCCCCCC. The Kier molecular flexibility index (Phi) is 29.1. The molecule has 1 atom stereocenters. The van der Waals surface area contributed by atoms with Crippen molar-refractivity contribution in [3.05, 3.63) is 0 Å². The molecular weight excluding hydrogens is 436 g/mol. The number of carbonyl (C=O) groups is 1. The fourth-order valence-electron chi connectivity index (χ4n) is 4.56. The summed E-state index contributed by atoms with van der Waals surface area (Å²) >= 11 is 0. The van der Waals surface area contributed by atoms with Crippen LogP contribution in [0, 0.1) is 0 Å². The van der Waals surface area contributed by atoms with Crippen LogP contribution in [0.15, 0.2) is 0 Å². The number of hydrogen-bond acceptors (Lipinski definition) is 4. The average molecular weight is 499 g/mol. The van der Waals surface area contributed by atoms with E-state index in [2.05, 4.69) is 13.8 Å². The highest BCUT2D eigenvalue weighted by molar-refractivity contribution is 5.69. The Labute approximate surface area is 219 Å². The van der Waals surface area contributed by atoms with Gasteiger partial charge in [0.1, 0.15) is 6.10 Å². The van der Waals surface area contributed by atoms with E-state index in [1.807, 2.05) is 0 Å². The van der Waals surface area contributed by atoms with Crippen molar-refractivity contribution in [2.45, 2.75) is 174 Å². The van der Waals surface area contributed by atoms with Gasteiger partial charge in [-0.2, -0.15) is 0 Å². The first-order valence-corrected chi connectivity index (χ1v) is 15.6. The van der Waals surface area contributed by atoms with Crippen LogP contribution in [-0.2, 0) is 14.3 Å². The van der Waals surface area contributed by atoms with Crippen LogP contribution in [0.25, 0.3) is 0 Å². The maximum Gasteiger partial charge on any atom is 0.306 e. The van der Waals surface area contributed by atoms with Crippen LogP contribution in [-0.4, -0.2) is 37.0 Å². The molecule has 0 aliphatic rings. The molecule has 0 aromatic carbocycles. The lowest BCUT2D eigenvalue weighted by molar-refractivity contribution is -0.154. The zero-order valence-electron chi connectivity index (χ0n) is 23.8. The molecule has 1 unspecified atom stereocenters. The van der Waals surface area contributed by atoms with Gasteiger partial charge in [-0.3, -0.25) is 4.79 Å². The minimum Gasteiger partial charge on any atom is -0.457 e. The van der Waals surface area contributed by atoms with E-state index in [1.54, 1.807) is 0 Å². The van der Waals surface area contributed by atoms with Gasteiger partial charge in [0, 0.05) is 13.0 Å². The van der Waals surface area contributed by atoms with Crippen LogP contribution in [0.5, 0.6) is 0 Å². The molecule has 0 bridgehead atoms. The lowest BCUT2D eigenvalue weighted by Crippen LogP contribution is -2.27. The normalized spacial score (nSPS) is 12.2. The summed E-state index contributed by atoms with van der Waals surface area (Å²) in [4.78, 5) is 12.0. The first-order chi connectivity index (χ1) is 17.2. The average Bonchev–Trinajstić information content (AvgIpc) is 2.86. The summed E-state index contributed by atoms with van der Waals surface area (Å²) in [5.74, 6) is -0.200. The molecule has 4 nitrogen and oxygen atoms in total. The van der Waals surface area contributed by atoms with Crippen molar-refractivity contribution in [2.24, 2.45) is 0 Å². The molecule has 0 aromatic heterocycles. The number of rotatable bonds is 29. The number of carbonyl (C=O) groups excluding carboxylic acids is 1. The van der Waals surface area contributed by atoms with Crippen LogP contribution >= 0.6 is 0 Å². The maximum absolute atomic E-state index is 12.0. The molecule has 0 aliphatic carbocycles. The van der Waals surface area contributed by atoms with Gasteiger partial charge in [-0.15, -0.1) is 0 Å². The molecule has 0 radical (unpaired) electrons. The Morgan fingerprint density at radius 2 is 0.943 bits per heavy atom. The molecule has 0 saturated heterocycles. The smallest absolute Gasteiger partial charge is 0.306 e. The van der Waals surface area contributed by atoms with Crippen molar-refractivity contribution in [3.63, 3.8) is 0 Å². The van der Waals surface area contributed by atoms with Crippen molar-refractivity contribution in [3.8, 4) is 0 Å². The molecule has 0 aromatic rings. The number of aliphatic hydroxyl groups is 1. The first kappa shape index (κ1) is 34.4. The summed E-state index contributed by atoms with van der Waals surface area (Å²) in [5.41, 5.74) is 0. The van der Waals surface area contributed by atoms with Crippen LogP contribution in [0.3, 0.4) is 0 Å². The van der Waals surface area contributed by atoms with Crippen molar-refractivity contribution < 1.29 is 19.4 Å². The summed E-state index contributed by atoms with van der Waals surface area (Å²) in [6.07, 6.45) is 29.8. The summed E-state index contributed by atoms with van der Waals surface area (Å²) < 4.78 is 11.0. The lowest BCUT2D eigenvalue weighted by Gasteiger charge is -2.16. The van der Waals surface area contributed by atoms with Gasteiger partial charge >= 0.3 is 5.97 Å². The van der Waals surface area contributed by atoms with Crippen molar-refractivity contribution in [1.29, 1.82) is 0 Å². The van der Waals surface area contributed by atoms with E-state index in [0.717, 1.165) is 19.3 Å². The quantitative estimate of drug-likeness (QED) is 0.0824. The van der Waals surface area contributed by atoms with Gasteiger partial charge < -0.3 is 14.6 Å². The van der Waals surface area contributed by atoms with E-state index in [1.165, 1.54) is 128 Å². The van der Waals surface area contributed by atoms with E-state index in [-0.39, 0.29) is 12.6 Å². The minimum atomic E-state index is -0.521. The highest BCUT2D eigenvalue weighted by Gasteiger charge is 2.13. The van der Waals surface area contributed by atoms with Crippen molar-refractivity contribution in [2.75, 3.05) is 19.8 Å². The van der Waals surface area contributed by atoms with Gasteiger partial charge in [-0.05, 0) is 12.8 Å². The summed E-state index contributed by atoms with van der Waals surface area (Å²) in [6, 6.07) is 0. The van der Waals surface area contributed by atoms with E-state index >= 15 is 0 Å². The first-order valence-electron chi connectivity index (χ1n) is 15.6. The number of hydrogen-bond donors (Lipinski definition) is 1. The predicted molar refractivity (Wildman–Crippen MR) is 150 cm³/mol. The van der Waals surface area contributed by atoms with Gasteiger partial charge in [-0.1, -0.05) is 149 Å². The molecule has 0 heterocycles. The largest absolute Gasteiger partial charge is 0.457 e. The molecule has 0 spiro atoms. The van der Waals surface area contributed by atoms with Gasteiger partial charge in [0.2, 0.25) is 0 Å². The summed E-state index contributed by atoms with van der Waals surface area (Å²) in [7, 11) is 0. The fourth-order valence-corrected chi connectivity index (χ4v) is 4.56. The Bertz CT molecular complexity index is 413. The maximum atomic E-state index is 12.0. The molecule has 0 fully saturated rings. The van der Waals surface area contributed by atoms with E-state index in [9.17, 15) is 9.90 Å². The number of ether oxygens (including phenoxy) is 2. The third-order valence-corrected chi connectivity index (χ3v) is 6.93. The predicted octanol–water partition coefficient (Wildman–Crippen LogP) is 9.31. The monoisotopic (exact) mass is 498 g/mol. The highest BCUT2D eigenvalue weighted by Crippen LogP contribution is 2.13. The second-order valence-corrected chi connectivity index (χ2v) is 10.5. The number of unbranched alkanes of at least 4 members (excludes halogenated alkanes) is 21. The van der Waals surface area contributed by atoms with Gasteiger partial charge in [-0.25, -0.2) is 0 Å². The van der Waals surface area contributed by atoms with Gasteiger partial charge in [0.05, 0.1) is 13.2 Å². The molecule has 0 saturated carbocycles. The Morgan fingerprint density at radius 1 is 0.571 bits per heavy atom. The van der Waals surface area contributed by atoms with Crippen LogP contribution < -0.4 is 0 Å². The Morgan fingerprint density at radius 3 is 1.34 bits per heavy atom. The van der Waals surface area contributed by atoms with Gasteiger partial charge in [0.25, 0.3) is 0 Å². The number of aliphatic hydroxyl groups excluding tert-OH is 1. The molecule has 0 aliphatic heterocycles.